The second-order valence-corrected chi connectivity index (χ2v) is 6.28. The van der Waals surface area contributed by atoms with Gasteiger partial charge in [0.05, 0.1) is 19.1 Å². The molecule has 0 spiro atoms. The standard InChI is InChI=1S/C18H27N3O3/c1-14-6-4-5-7-16(14)12-17(22)20-8-10-21(11-9-20)18(23)19-15(2)13-24-3/h4-7,15H,8-13H2,1-3H3,(H,19,23). The molecule has 0 radical (unpaired) electrons. The second kappa shape index (κ2) is 8.68. The molecule has 0 aliphatic carbocycles. The highest BCUT2D eigenvalue weighted by Crippen LogP contribution is 2.11. The lowest BCUT2D eigenvalue weighted by Gasteiger charge is -2.35. The molecule has 2 rings (SSSR count). The van der Waals surface area contributed by atoms with Crippen molar-refractivity contribution in [2.24, 2.45) is 0 Å². The van der Waals surface area contributed by atoms with Crippen LogP contribution in [0.4, 0.5) is 4.79 Å². The highest BCUT2D eigenvalue weighted by molar-refractivity contribution is 5.80. The second-order valence-electron chi connectivity index (χ2n) is 6.28. The topological polar surface area (TPSA) is 61.9 Å². The Hall–Kier alpha value is -2.08. The Bertz CT molecular complexity index is 568. The van der Waals surface area contributed by atoms with Crippen LogP contribution in [0.25, 0.3) is 0 Å². The molecule has 1 N–H and O–H groups in total. The number of methoxy groups -OCH3 is 1. The maximum Gasteiger partial charge on any atom is 0.317 e. The van der Waals surface area contributed by atoms with Crippen LogP contribution in [0.2, 0.25) is 0 Å². The van der Waals surface area contributed by atoms with E-state index in [1.54, 1.807) is 12.0 Å². The largest absolute Gasteiger partial charge is 0.383 e. The first-order valence-corrected chi connectivity index (χ1v) is 8.38. The SMILES string of the molecule is COCC(C)NC(=O)N1CCN(C(=O)Cc2ccccc2C)CC1. The summed E-state index contributed by atoms with van der Waals surface area (Å²) in [6, 6.07) is 7.83. The van der Waals surface area contributed by atoms with E-state index in [1.165, 1.54) is 0 Å². The minimum absolute atomic E-state index is 0.0248. The van der Waals surface area contributed by atoms with Crippen molar-refractivity contribution in [1.82, 2.24) is 15.1 Å². The molecule has 0 saturated carbocycles. The van der Waals surface area contributed by atoms with Crippen molar-refractivity contribution in [3.05, 3.63) is 35.4 Å². The molecular weight excluding hydrogens is 306 g/mol. The predicted molar refractivity (Wildman–Crippen MR) is 92.9 cm³/mol. The van der Waals surface area contributed by atoms with Crippen LogP contribution in [0.5, 0.6) is 0 Å². The number of hydrogen-bond acceptors (Lipinski definition) is 3. The lowest BCUT2D eigenvalue weighted by molar-refractivity contribution is -0.131. The van der Waals surface area contributed by atoms with Crippen LogP contribution in [-0.2, 0) is 16.0 Å². The van der Waals surface area contributed by atoms with Gasteiger partial charge in [0.15, 0.2) is 0 Å². The predicted octanol–water partition coefficient (Wildman–Crippen LogP) is 1.43. The molecule has 6 heteroatoms. The zero-order valence-corrected chi connectivity index (χ0v) is 14.7. The number of aryl methyl sites for hydroxylation is 1. The van der Waals surface area contributed by atoms with E-state index in [0.29, 0.717) is 39.2 Å². The van der Waals surface area contributed by atoms with Crippen molar-refractivity contribution in [2.45, 2.75) is 26.3 Å². The Morgan fingerprint density at radius 1 is 1.17 bits per heavy atom. The van der Waals surface area contributed by atoms with E-state index in [4.69, 9.17) is 4.74 Å². The van der Waals surface area contributed by atoms with Crippen molar-refractivity contribution < 1.29 is 14.3 Å². The molecule has 1 heterocycles. The first-order chi connectivity index (χ1) is 11.5. The van der Waals surface area contributed by atoms with E-state index in [2.05, 4.69) is 5.32 Å². The first kappa shape index (κ1) is 18.3. The highest BCUT2D eigenvalue weighted by atomic mass is 16.5. The summed E-state index contributed by atoms with van der Waals surface area (Å²) in [7, 11) is 1.61. The van der Waals surface area contributed by atoms with E-state index in [1.807, 2.05) is 43.0 Å². The Morgan fingerprint density at radius 3 is 2.42 bits per heavy atom. The minimum Gasteiger partial charge on any atom is -0.383 e. The van der Waals surface area contributed by atoms with Crippen LogP contribution in [0.3, 0.4) is 0 Å². The summed E-state index contributed by atoms with van der Waals surface area (Å²) >= 11 is 0. The molecule has 24 heavy (non-hydrogen) atoms. The number of urea groups is 1. The Balaban J connectivity index is 1.81. The van der Waals surface area contributed by atoms with Gasteiger partial charge in [0, 0.05) is 33.3 Å². The number of amides is 3. The van der Waals surface area contributed by atoms with Crippen molar-refractivity contribution in [3.8, 4) is 0 Å². The average Bonchev–Trinajstić information content (AvgIpc) is 2.57. The van der Waals surface area contributed by atoms with Gasteiger partial charge in [-0.25, -0.2) is 4.79 Å². The number of rotatable bonds is 5. The Morgan fingerprint density at radius 2 is 1.79 bits per heavy atom. The summed E-state index contributed by atoms with van der Waals surface area (Å²) in [4.78, 5) is 28.2. The third-order valence-electron chi connectivity index (χ3n) is 4.31. The van der Waals surface area contributed by atoms with Gasteiger partial charge < -0.3 is 19.9 Å². The number of carbonyl (C=O) groups is 2. The molecule has 1 unspecified atom stereocenters. The monoisotopic (exact) mass is 333 g/mol. The number of nitrogens with one attached hydrogen (secondary N) is 1. The number of ether oxygens (including phenoxy) is 1. The van der Waals surface area contributed by atoms with Gasteiger partial charge in [0.2, 0.25) is 5.91 Å². The summed E-state index contributed by atoms with van der Waals surface area (Å²) in [6.45, 7) is 6.69. The molecule has 6 nitrogen and oxygen atoms in total. The third kappa shape index (κ3) is 4.96. The number of carbonyl (C=O) groups excluding carboxylic acids is 2. The van der Waals surface area contributed by atoms with Gasteiger partial charge in [0.1, 0.15) is 0 Å². The molecule has 0 aromatic heterocycles. The van der Waals surface area contributed by atoms with Gasteiger partial charge in [0.25, 0.3) is 0 Å². The van der Waals surface area contributed by atoms with E-state index in [0.717, 1.165) is 11.1 Å². The van der Waals surface area contributed by atoms with E-state index in [9.17, 15) is 9.59 Å². The summed E-state index contributed by atoms with van der Waals surface area (Å²) in [5.41, 5.74) is 2.20. The van der Waals surface area contributed by atoms with Crippen LogP contribution >= 0.6 is 0 Å². The van der Waals surface area contributed by atoms with Gasteiger partial charge in [-0.05, 0) is 25.0 Å². The smallest absolute Gasteiger partial charge is 0.317 e. The van der Waals surface area contributed by atoms with Crippen LogP contribution in [0.1, 0.15) is 18.1 Å². The van der Waals surface area contributed by atoms with E-state index >= 15 is 0 Å². The zero-order chi connectivity index (χ0) is 17.5. The number of hydrogen-bond donors (Lipinski definition) is 1. The van der Waals surface area contributed by atoms with Gasteiger partial charge >= 0.3 is 6.03 Å². The maximum atomic E-state index is 12.4. The highest BCUT2D eigenvalue weighted by Gasteiger charge is 2.24. The molecule has 1 aromatic rings. The fourth-order valence-corrected chi connectivity index (χ4v) is 2.84. The molecule has 1 saturated heterocycles. The molecule has 0 bridgehead atoms. The molecule has 1 aliphatic heterocycles. The normalized spacial score (nSPS) is 16.0. The lowest BCUT2D eigenvalue weighted by Crippen LogP contribution is -2.54. The number of piperazine rings is 1. The van der Waals surface area contributed by atoms with Gasteiger partial charge in [-0.3, -0.25) is 4.79 Å². The van der Waals surface area contributed by atoms with Crippen LogP contribution in [-0.4, -0.2) is 67.7 Å². The first-order valence-electron chi connectivity index (χ1n) is 8.38. The summed E-state index contributed by atoms with van der Waals surface area (Å²) in [5, 5.41) is 2.90. The summed E-state index contributed by atoms with van der Waals surface area (Å²) in [5.74, 6) is 0.122. The maximum absolute atomic E-state index is 12.4. The van der Waals surface area contributed by atoms with E-state index < -0.39 is 0 Å². The lowest BCUT2D eigenvalue weighted by atomic mass is 10.1. The molecule has 1 atom stereocenters. The van der Waals surface area contributed by atoms with Crippen molar-refractivity contribution in [2.75, 3.05) is 39.9 Å². The van der Waals surface area contributed by atoms with Crippen molar-refractivity contribution in [3.63, 3.8) is 0 Å². The van der Waals surface area contributed by atoms with Crippen LogP contribution in [0.15, 0.2) is 24.3 Å². The van der Waals surface area contributed by atoms with Gasteiger partial charge in [-0.1, -0.05) is 24.3 Å². The fraction of sp³-hybridized carbons (Fsp3) is 0.556. The third-order valence-corrected chi connectivity index (χ3v) is 4.31. The fourth-order valence-electron chi connectivity index (χ4n) is 2.84. The molecule has 3 amide bonds. The number of nitrogens with zero attached hydrogens (tertiary/aromatic N) is 2. The molecular formula is C18H27N3O3. The summed E-state index contributed by atoms with van der Waals surface area (Å²) < 4.78 is 5.02. The Labute approximate surface area is 143 Å². The molecule has 1 aromatic carbocycles. The van der Waals surface area contributed by atoms with Gasteiger partial charge in [-0.15, -0.1) is 0 Å². The molecule has 1 fully saturated rings. The quantitative estimate of drug-likeness (QED) is 0.887. The average molecular weight is 333 g/mol. The van der Waals surface area contributed by atoms with E-state index in [-0.39, 0.29) is 18.0 Å². The zero-order valence-electron chi connectivity index (χ0n) is 14.7. The van der Waals surface area contributed by atoms with Gasteiger partial charge in [-0.2, -0.15) is 0 Å². The summed E-state index contributed by atoms with van der Waals surface area (Å²) in [6.07, 6.45) is 0.420. The number of benzene rings is 1. The van der Waals surface area contributed by atoms with Crippen LogP contribution < -0.4 is 5.32 Å². The van der Waals surface area contributed by atoms with Crippen molar-refractivity contribution in [1.29, 1.82) is 0 Å². The van der Waals surface area contributed by atoms with Crippen LogP contribution in [0, 0.1) is 6.92 Å². The molecule has 132 valence electrons. The van der Waals surface area contributed by atoms with Crippen molar-refractivity contribution >= 4 is 11.9 Å². The Kier molecular flexibility index (Phi) is 6.61. The molecule has 1 aliphatic rings. The minimum atomic E-state index is -0.0921.